The molecule has 1 heterocycles. The summed E-state index contributed by atoms with van der Waals surface area (Å²) < 4.78 is 32.6. The van der Waals surface area contributed by atoms with Crippen molar-refractivity contribution < 1.29 is 23.1 Å². The number of fused-ring (bicyclic) bond motifs is 1. The van der Waals surface area contributed by atoms with Crippen molar-refractivity contribution in [3.8, 4) is 0 Å². The Bertz CT molecular complexity index is 602. The summed E-state index contributed by atoms with van der Waals surface area (Å²) in [4.78, 5) is 11.3. The lowest BCUT2D eigenvalue weighted by molar-refractivity contribution is -0.138. The van der Waals surface area contributed by atoms with E-state index in [2.05, 4.69) is 4.72 Å². The molecule has 0 bridgehead atoms. The number of nitrogens with zero attached hydrogens (tertiary/aromatic N) is 1. The lowest BCUT2D eigenvalue weighted by Gasteiger charge is -2.24. The highest BCUT2D eigenvalue weighted by Crippen LogP contribution is 2.33. The minimum Gasteiger partial charge on any atom is -0.480 e. The molecule has 1 aliphatic rings. The predicted molar refractivity (Wildman–Crippen MR) is 72.8 cm³/mol. The second-order valence-electron chi connectivity index (χ2n) is 4.37. The van der Waals surface area contributed by atoms with Crippen molar-refractivity contribution in [2.24, 2.45) is 0 Å². The number of aliphatic carboxylic acids is 1. The molecule has 1 aromatic carbocycles. The van der Waals surface area contributed by atoms with Crippen molar-refractivity contribution in [3.63, 3.8) is 0 Å². The van der Waals surface area contributed by atoms with E-state index in [-0.39, 0.29) is 19.6 Å². The van der Waals surface area contributed by atoms with Crippen LogP contribution in [0.4, 0.5) is 5.69 Å². The number of carbonyl (C=O) groups is 1. The third kappa shape index (κ3) is 2.77. The Morgan fingerprint density at radius 1 is 1.50 bits per heavy atom. The number of ether oxygens (including phenoxy) is 1. The molecule has 0 saturated carbocycles. The molecular weight excluding hydrogens is 284 g/mol. The van der Waals surface area contributed by atoms with Crippen LogP contribution in [0.2, 0.25) is 0 Å². The van der Waals surface area contributed by atoms with E-state index in [1.165, 1.54) is 7.11 Å². The standard InChI is InChI=1S/C12H16N2O5S/c1-19-7-6-13-20(17,18)14-10-5-3-2-4-9(10)8-11(14)12(15)16/h2-5,11,13H,6-8H2,1H3,(H,15,16)/t11-/m0/s1. The minimum absolute atomic E-state index is 0.0871. The van der Waals surface area contributed by atoms with Crippen LogP contribution in [0.3, 0.4) is 0 Å². The second kappa shape index (κ2) is 5.78. The molecule has 0 aromatic heterocycles. The van der Waals surface area contributed by atoms with Gasteiger partial charge in [-0.05, 0) is 11.6 Å². The first-order valence-corrected chi connectivity index (χ1v) is 7.50. The fraction of sp³-hybridized carbons (Fsp3) is 0.417. The molecular formula is C12H16N2O5S. The van der Waals surface area contributed by atoms with Gasteiger partial charge in [-0.15, -0.1) is 0 Å². The van der Waals surface area contributed by atoms with Gasteiger partial charge >= 0.3 is 16.2 Å². The van der Waals surface area contributed by atoms with Crippen molar-refractivity contribution in [3.05, 3.63) is 29.8 Å². The van der Waals surface area contributed by atoms with E-state index < -0.39 is 22.2 Å². The molecule has 8 heteroatoms. The van der Waals surface area contributed by atoms with Gasteiger partial charge in [0.15, 0.2) is 0 Å². The number of carboxylic acid groups (broad SMARTS) is 1. The molecule has 2 N–H and O–H groups in total. The molecule has 110 valence electrons. The average molecular weight is 300 g/mol. The number of anilines is 1. The van der Waals surface area contributed by atoms with Gasteiger partial charge in [-0.3, -0.25) is 0 Å². The van der Waals surface area contributed by atoms with Crippen LogP contribution < -0.4 is 9.03 Å². The molecule has 1 aliphatic heterocycles. The van der Waals surface area contributed by atoms with E-state index >= 15 is 0 Å². The van der Waals surface area contributed by atoms with E-state index in [1.54, 1.807) is 24.3 Å². The molecule has 0 radical (unpaired) electrons. The maximum Gasteiger partial charge on any atom is 0.327 e. The molecule has 20 heavy (non-hydrogen) atoms. The van der Waals surface area contributed by atoms with E-state index in [0.29, 0.717) is 11.3 Å². The predicted octanol–water partition coefficient (Wildman–Crippen LogP) is -0.0169. The largest absolute Gasteiger partial charge is 0.480 e. The van der Waals surface area contributed by atoms with Gasteiger partial charge in [0, 0.05) is 20.1 Å². The molecule has 0 aliphatic carbocycles. The van der Waals surface area contributed by atoms with Gasteiger partial charge in [-0.1, -0.05) is 18.2 Å². The molecule has 7 nitrogen and oxygen atoms in total. The number of para-hydroxylation sites is 1. The van der Waals surface area contributed by atoms with Crippen LogP contribution in [0.5, 0.6) is 0 Å². The van der Waals surface area contributed by atoms with Crippen molar-refractivity contribution in [1.29, 1.82) is 0 Å². The zero-order valence-electron chi connectivity index (χ0n) is 10.9. The zero-order chi connectivity index (χ0) is 14.8. The summed E-state index contributed by atoms with van der Waals surface area (Å²) in [7, 11) is -2.46. The van der Waals surface area contributed by atoms with Crippen molar-refractivity contribution in [1.82, 2.24) is 4.72 Å². The molecule has 1 atom stereocenters. The summed E-state index contributed by atoms with van der Waals surface area (Å²) in [5.41, 5.74) is 1.11. The van der Waals surface area contributed by atoms with Crippen LogP contribution >= 0.6 is 0 Å². The molecule has 0 spiro atoms. The van der Waals surface area contributed by atoms with Gasteiger partial charge in [0.2, 0.25) is 0 Å². The summed E-state index contributed by atoms with van der Waals surface area (Å²) in [6, 6.07) is 5.66. The Kier molecular flexibility index (Phi) is 4.26. The van der Waals surface area contributed by atoms with Gasteiger partial charge in [-0.2, -0.15) is 13.1 Å². The average Bonchev–Trinajstić information content (AvgIpc) is 2.79. The number of rotatable bonds is 6. The summed E-state index contributed by atoms with van der Waals surface area (Å²) in [6.45, 7) is 0.302. The van der Waals surface area contributed by atoms with E-state index in [0.717, 1.165) is 4.31 Å². The number of carboxylic acids is 1. The normalized spacial score (nSPS) is 18.1. The SMILES string of the molecule is COCCNS(=O)(=O)N1c2ccccc2C[C@H]1C(=O)O. The van der Waals surface area contributed by atoms with Crippen molar-refractivity contribution in [2.75, 3.05) is 24.6 Å². The third-order valence-electron chi connectivity index (χ3n) is 3.06. The fourth-order valence-corrected chi connectivity index (χ4v) is 3.60. The van der Waals surface area contributed by atoms with E-state index in [4.69, 9.17) is 4.74 Å². The second-order valence-corrected chi connectivity index (χ2v) is 6.01. The van der Waals surface area contributed by atoms with Crippen LogP contribution in [0.25, 0.3) is 0 Å². The van der Waals surface area contributed by atoms with E-state index in [1.807, 2.05) is 0 Å². The van der Waals surface area contributed by atoms with Crippen LogP contribution in [0.1, 0.15) is 5.56 Å². The Labute approximate surface area is 117 Å². The first-order valence-electron chi connectivity index (χ1n) is 6.06. The highest BCUT2D eigenvalue weighted by molar-refractivity contribution is 7.91. The molecule has 0 amide bonds. The van der Waals surface area contributed by atoms with Crippen molar-refractivity contribution in [2.45, 2.75) is 12.5 Å². The Balaban J connectivity index is 2.33. The highest BCUT2D eigenvalue weighted by atomic mass is 32.2. The van der Waals surface area contributed by atoms with Gasteiger partial charge in [0.1, 0.15) is 6.04 Å². The summed E-state index contributed by atoms with van der Waals surface area (Å²) in [5.74, 6) is -1.17. The number of methoxy groups -OCH3 is 1. The molecule has 0 unspecified atom stereocenters. The molecule has 1 aromatic rings. The van der Waals surface area contributed by atoms with Crippen LogP contribution in [0, 0.1) is 0 Å². The summed E-state index contributed by atoms with van der Waals surface area (Å²) in [6.07, 6.45) is 0.163. The first-order chi connectivity index (χ1) is 9.47. The summed E-state index contributed by atoms with van der Waals surface area (Å²) >= 11 is 0. The molecule has 0 fully saturated rings. The van der Waals surface area contributed by atoms with Crippen LogP contribution in [-0.4, -0.2) is 45.8 Å². The van der Waals surface area contributed by atoms with E-state index in [9.17, 15) is 18.3 Å². The summed E-state index contributed by atoms with van der Waals surface area (Å²) in [5, 5.41) is 9.23. The van der Waals surface area contributed by atoms with Crippen LogP contribution in [0.15, 0.2) is 24.3 Å². The van der Waals surface area contributed by atoms with Gasteiger partial charge in [0.05, 0.1) is 12.3 Å². The maximum atomic E-state index is 12.3. The third-order valence-corrected chi connectivity index (χ3v) is 4.60. The van der Waals surface area contributed by atoms with Gasteiger partial charge < -0.3 is 9.84 Å². The number of nitrogens with one attached hydrogen (secondary N) is 1. The quantitative estimate of drug-likeness (QED) is 0.720. The van der Waals surface area contributed by atoms with Crippen molar-refractivity contribution >= 4 is 21.9 Å². The highest BCUT2D eigenvalue weighted by Gasteiger charge is 2.41. The monoisotopic (exact) mass is 300 g/mol. The lowest BCUT2D eigenvalue weighted by atomic mass is 10.1. The number of hydrogen-bond acceptors (Lipinski definition) is 4. The zero-order valence-corrected chi connectivity index (χ0v) is 11.8. The lowest BCUT2D eigenvalue weighted by Crippen LogP contribution is -2.48. The van der Waals surface area contributed by atoms with Gasteiger partial charge in [0.25, 0.3) is 0 Å². The Hall–Kier alpha value is -1.64. The first kappa shape index (κ1) is 14.8. The van der Waals surface area contributed by atoms with Gasteiger partial charge in [-0.25, -0.2) is 9.10 Å². The Morgan fingerprint density at radius 3 is 2.85 bits per heavy atom. The molecule has 0 saturated heterocycles. The molecule has 2 rings (SSSR count). The smallest absolute Gasteiger partial charge is 0.327 e. The topological polar surface area (TPSA) is 95.9 Å². The maximum absolute atomic E-state index is 12.3. The fourth-order valence-electron chi connectivity index (χ4n) is 2.18. The number of hydrogen-bond donors (Lipinski definition) is 2. The number of benzene rings is 1. The Morgan fingerprint density at radius 2 is 2.20 bits per heavy atom. The minimum atomic E-state index is -3.92. The van der Waals surface area contributed by atoms with Crippen LogP contribution in [-0.2, 0) is 26.2 Å².